The molecule has 18 heavy (non-hydrogen) atoms. The molecule has 2 rings (SSSR count). The van der Waals surface area contributed by atoms with E-state index in [4.69, 9.17) is 4.74 Å². The van der Waals surface area contributed by atoms with E-state index >= 15 is 0 Å². The number of hydrogen-bond acceptors (Lipinski definition) is 3. The molecule has 94 valence electrons. The van der Waals surface area contributed by atoms with Crippen LogP contribution in [0.5, 0.6) is 5.75 Å². The minimum atomic E-state index is -0.345. The molecule has 4 heteroatoms. The minimum absolute atomic E-state index is 0.345. The molecule has 0 radical (unpaired) electrons. The molecule has 0 aliphatic carbocycles. The molecule has 0 saturated heterocycles. The fourth-order valence-corrected chi connectivity index (χ4v) is 2.74. The van der Waals surface area contributed by atoms with Crippen molar-refractivity contribution in [2.24, 2.45) is 0 Å². The Morgan fingerprint density at radius 3 is 2.89 bits per heavy atom. The molecule has 1 heterocycles. The number of carbonyl (C=O) groups excluding carboxylic acids is 1. The monoisotopic (exact) mass is 264 g/mol. The first-order chi connectivity index (χ1) is 8.67. The van der Waals surface area contributed by atoms with Gasteiger partial charge in [-0.25, -0.2) is 4.39 Å². The number of carbonyl (C=O) groups is 1. The lowest BCUT2D eigenvalue weighted by molar-refractivity contribution is 0.112. The lowest BCUT2D eigenvalue weighted by Gasteiger charge is -2.11. The Balaban J connectivity index is 2.62. The fourth-order valence-electron chi connectivity index (χ4n) is 1.87. The van der Waals surface area contributed by atoms with Crippen molar-refractivity contribution in [3.8, 4) is 16.9 Å². The summed E-state index contributed by atoms with van der Waals surface area (Å²) in [6.45, 7) is 4.23. The van der Waals surface area contributed by atoms with E-state index in [-0.39, 0.29) is 5.82 Å². The molecule has 1 aromatic heterocycles. The van der Waals surface area contributed by atoms with Crippen LogP contribution in [0.2, 0.25) is 0 Å². The minimum Gasteiger partial charge on any atom is -0.493 e. The third-order valence-corrected chi connectivity index (χ3v) is 3.65. The molecule has 1 aromatic carbocycles. The molecule has 0 bridgehead atoms. The Bertz CT molecular complexity index is 575. The van der Waals surface area contributed by atoms with Gasteiger partial charge in [-0.2, -0.15) is 0 Å². The summed E-state index contributed by atoms with van der Waals surface area (Å²) in [4.78, 5) is 11.7. The van der Waals surface area contributed by atoms with Crippen LogP contribution >= 0.6 is 11.3 Å². The van der Waals surface area contributed by atoms with Crippen molar-refractivity contribution in [1.82, 2.24) is 0 Å². The Labute approximate surface area is 109 Å². The van der Waals surface area contributed by atoms with Gasteiger partial charge >= 0.3 is 0 Å². The highest BCUT2D eigenvalue weighted by molar-refractivity contribution is 7.12. The topological polar surface area (TPSA) is 26.3 Å². The predicted octanol–water partition coefficient (Wildman–Crippen LogP) is 4.07. The maximum atomic E-state index is 13.2. The van der Waals surface area contributed by atoms with Crippen LogP contribution < -0.4 is 4.74 Å². The zero-order chi connectivity index (χ0) is 13.1. The number of halogens is 1. The van der Waals surface area contributed by atoms with Gasteiger partial charge in [-0.3, -0.25) is 4.79 Å². The Morgan fingerprint density at radius 1 is 1.44 bits per heavy atom. The molecule has 0 unspecified atom stereocenters. The molecule has 0 aliphatic heterocycles. The van der Waals surface area contributed by atoms with Gasteiger partial charge in [0, 0.05) is 17.2 Å². The number of aryl methyl sites for hydroxylation is 1. The molecule has 0 saturated carbocycles. The van der Waals surface area contributed by atoms with Gasteiger partial charge in [0.25, 0.3) is 0 Å². The van der Waals surface area contributed by atoms with E-state index in [0.717, 1.165) is 23.0 Å². The van der Waals surface area contributed by atoms with Gasteiger partial charge in [-0.05, 0) is 36.9 Å². The Hall–Kier alpha value is -1.68. The first kappa shape index (κ1) is 12.8. The van der Waals surface area contributed by atoms with E-state index in [1.165, 1.54) is 23.5 Å². The molecular formula is C14H13FO2S. The average molecular weight is 264 g/mol. The molecule has 0 amide bonds. The second-order valence-corrected chi connectivity index (χ2v) is 4.76. The average Bonchev–Trinajstić information content (AvgIpc) is 2.71. The summed E-state index contributed by atoms with van der Waals surface area (Å²) in [5.74, 6) is 0.129. The summed E-state index contributed by atoms with van der Waals surface area (Å²) in [7, 11) is 0. The number of thiophene rings is 1. The van der Waals surface area contributed by atoms with Crippen molar-refractivity contribution in [1.29, 1.82) is 0 Å². The van der Waals surface area contributed by atoms with Crippen molar-refractivity contribution in [3.05, 3.63) is 39.8 Å². The number of rotatable bonds is 4. The Morgan fingerprint density at radius 2 is 2.22 bits per heavy atom. The van der Waals surface area contributed by atoms with E-state index < -0.39 is 0 Å². The fraction of sp³-hybridized carbons (Fsp3) is 0.214. The third kappa shape index (κ3) is 2.29. The SMILES string of the molecule is CCOc1cc(F)ccc1-c1c(C)csc1C=O. The number of aldehydes is 1. The standard InChI is InChI=1S/C14H13FO2S/c1-3-17-12-6-10(15)4-5-11(12)14-9(2)8-18-13(14)7-16/h4-8H,3H2,1-2H3. The highest BCUT2D eigenvalue weighted by atomic mass is 32.1. The number of ether oxygens (including phenoxy) is 1. The lowest BCUT2D eigenvalue weighted by atomic mass is 10.0. The Kier molecular flexibility index (Phi) is 3.77. The van der Waals surface area contributed by atoms with Crippen LogP contribution in [0.1, 0.15) is 22.2 Å². The van der Waals surface area contributed by atoms with E-state index in [0.29, 0.717) is 17.2 Å². The first-order valence-electron chi connectivity index (χ1n) is 5.63. The van der Waals surface area contributed by atoms with Gasteiger partial charge in [-0.1, -0.05) is 0 Å². The van der Waals surface area contributed by atoms with Crippen molar-refractivity contribution < 1.29 is 13.9 Å². The van der Waals surface area contributed by atoms with Gasteiger partial charge in [0.2, 0.25) is 0 Å². The summed E-state index contributed by atoms with van der Waals surface area (Å²) >= 11 is 1.38. The van der Waals surface area contributed by atoms with Crippen LogP contribution in [0.4, 0.5) is 4.39 Å². The van der Waals surface area contributed by atoms with Crippen LogP contribution in [0.3, 0.4) is 0 Å². The predicted molar refractivity (Wildman–Crippen MR) is 71.0 cm³/mol. The van der Waals surface area contributed by atoms with Crippen molar-refractivity contribution in [2.75, 3.05) is 6.61 Å². The summed E-state index contributed by atoms with van der Waals surface area (Å²) in [5.41, 5.74) is 2.59. The van der Waals surface area contributed by atoms with E-state index in [2.05, 4.69) is 0 Å². The van der Waals surface area contributed by atoms with Crippen LogP contribution in [0.25, 0.3) is 11.1 Å². The maximum Gasteiger partial charge on any atom is 0.160 e. The molecule has 0 spiro atoms. The zero-order valence-corrected chi connectivity index (χ0v) is 11.0. The van der Waals surface area contributed by atoms with Crippen LogP contribution in [-0.4, -0.2) is 12.9 Å². The van der Waals surface area contributed by atoms with Crippen molar-refractivity contribution in [3.63, 3.8) is 0 Å². The largest absolute Gasteiger partial charge is 0.493 e. The summed E-state index contributed by atoms with van der Waals surface area (Å²) in [5, 5.41) is 1.91. The normalized spacial score (nSPS) is 10.4. The number of hydrogen-bond donors (Lipinski definition) is 0. The second-order valence-electron chi connectivity index (χ2n) is 3.85. The third-order valence-electron chi connectivity index (χ3n) is 2.62. The summed E-state index contributed by atoms with van der Waals surface area (Å²) < 4.78 is 18.7. The van der Waals surface area contributed by atoms with Gasteiger partial charge in [0.1, 0.15) is 11.6 Å². The summed E-state index contributed by atoms with van der Waals surface area (Å²) in [6, 6.07) is 4.39. The van der Waals surface area contributed by atoms with E-state index in [9.17, 15) is 9.18 Å². The molecule has 2 nitrogen and oxygen atoms in total. The van der Waals surface area contributed by atoms with Crippen LogP contribution in [0, 0.1) is 12.7 Å². The first-order valence-corrected chi connectivity index (χ1v) is 6.51. The summed E-state index contributed by atoms with van der Waals surface area (Å²) in [6.07, 6.45) is 0.825. The molecule has 0 fully saturated rings. The van der Waals surface area contributed by atoms with Crippen molar-refractivity contribution in [2.45, 2.75) is 13.8 Å². The van der Waals surface area contributed by atoms with Crippen LogP contribution in [0.15, 0.2) is 23.6 Å². The molecule has 2 aromatic rings. The van der Waals surface area contributed by atoms with Crippen molar-refractivity contribution >= 4 is 17.6 Å². The molecule has 0 N–H and O–H groups in total. The lowest BCUT2D eigenvalue weighted by Crippen LogP contribution is -1.96. The molecular weight excluding hydrogens is 251 g/mol. The second kappa shape index (κ2) is 5.31. The smallest absolute Gasteiger partial charge is 0.160 e. The van der Waals surface area contributed by atoms with Gasteiger partial charge < -0.3 is 4.74 Å². The highest BCUT2D eigenvalue weighted by Crippen LogP contribution is 2.37. The zero-order valence-electron chi connectivity index (χ0n) is 10.2. The van der Waals surface area contributed by atoms with Gasteiger partial charge in [0.15, 0.2) is 6.29 Å². The molecule has 0 aliphatic rings. The number of benzene rings is 1. The molecule has 0 atom stereocenters. The quantitative estimate of drug-likeness (QED) is 0.778. The van der Waals surface area contributed by atoms with Gasteiger partial charge in [0.05, 0.1) is 11.5 Å². The van der Waals surface area contributed by atoms with E-state index in [1.54, 1.807) is 6.07 Å². The van der Waals surface area contributed by atoms with Crippen LogP contribution in [-0.2, 0) is 0 Å². The van der Waals surface area contributed by atoms with Gasteiger partial charge in [-0.15, -0.1) is 11.3 Å². The van der Waals surface area contributed by atoms with E-state index in [1.807, 2.05) is 19.2 Å². The maximum absolute atomic E-state index is 13.2. The highest BCUT2D eigenvalue weighted by Gasteiger charge is 2.15.